The summed E-state index contributed by atoms with van der Waals surface area (Å²) in [4.78, 5) is 17.8. The van der Waals surface area contributed by atoms with Crippen LogP contribution >= 0.6 is 0 Å². The van der Waals surface area contributed by atoms with Gasteiger partial charge in [0.05, 0.1) is 19.8 Å². The van der Waals surface area contributed by atoms with Crippen molar-refractivity contribution in [3.8, 4) is 11.5 Å². The number of likely N-dealkylation sites (tertiary alicyclic amines) is 1. The lowest BCUT2D eigenvalue weighted by molar-refractivity contribution is -0.136. The first-order valence-corrected chi connectivity index (χ1v) is 10.1. The van der Waals surface area contributed by atoms with E-state index in [9.17, 15) is 4.79 Å². The second-order valence-corrected chi connectivity index (χ2v) is 8.30. The van der Waals surface area contributed by atoms with Gasteiger partial charge in [0.1, 0.15) is 0 Å². The number of rotatable bonds is 2. The minimum Gasteiger partial charge on any atom is -0.493 e. The Morgan fingerprint density at radius 3 is 2.93 bits per heavy atom. The number of hydrogen-bond donors (Lipinski definition) is 1. The lowest BCUT2D eigenvalue weighted by atomic mass is 9.77. The molecule has 6 heteroatoms. The van der Waals surface area contributed by atoms with Crippen molar-refractivity contribution in [2.75, 3.05) is 46.9 Å². The lowest BCUT2D eigenvalue weighted by Crippen LogP contribution is -2.45. The molecule has 0 aromatic heterocycles. The first-order valence-electron chi connectivity index (χ1n) is 10.1. The largest absolute Gasteiger partial charge is 0.493 e. The number of ether oxygens (including phenoxy) is 2. The number of carbonyl (C=O) groups excluding carboxylic acids is 1. The number of carbonyl (C=O) groups is 1. The van der Waals surface area contributed by atoms with E-state index in [-0.39, 0.29) is 11.9 Å². The van der Waals surface area contributed by atoms with Gasteiger partial charge in [0, 0.05) is 25.2 Å². The van der Waals surface area contributed by atoms with Gasteiger partial charge in [-0.25, -0.2) is 0 Å². The number of nitrogens with zero attached hydrogens (tertiary/aromatic N) is 2. The summed E-state index contributed by atoms with van der Waals surface area (Å²) in [7, 11) is 3.77. The molecular weight excluding hydrogens is 342 g/mol. The Bertz CT molecular complexity index is 687. The maximum atomic E-state index is 13.5. The number of nitrogens with one attached hydrogen (secondary N) is 1. The van der Waals surface area contributed by atoms with E-state index >= 15 is 0 Å². The van der Waals surface area contributed by atoms with E-state index in [4.69, 9.17) is 9.47 Å². The van der Waals surface area contributed by atoms with Crippen molar-refractivity contribution >= 4 is 5.91 Å². The van der Waals surface area contributed by atoms with Crippen LogP contribution in [0.15, 0.2) is 18.2 Å². The third-order valence-corrected chi connectivity index (χ3v) is 6.46. The number of benzene rings is 1. The zero-order chi connectivity index (χ0) is 18.9. The first-order chi connectivity index (χ1) is 13.1. The molecular formula is C21H31N3O3. The molecule has 0 saturated carbocycles. The van der Waals surface area contributed by atoms with E-state index in [1.54, 1.807) is 7.11 Å². The lowest BCUT2D eigenvalue weighted by Gasteiger charge is -2.33. The highest BCUT2D eigenvalue weighted by molar-refractivity contribution is 5.82. The number of methoxy groups -OCH3 is 1. The molecule has 2 saturated heterocycles. The molecule has 1 N–H and O–H groups in total. The van der Waals surface area contributed by atoms with Gasteiger partial charge < -0.3 is 19.7 Å². The summed E-state index contributed by atoms with van der Waals surface area (Å²) in [6, 6.07) is 5.92. The predicted octanol–water partition coefficient (Wildman–Crippen LogP) is 1.88. The summed E-state index contributed by atoms with van der Waals surface area (Å²) < 4.78 is 11.4. The molecule has 4 rings (SSSR count). The van der Waals surface area contributed by atoms with Crippen LogP contribution in [0.4, 0.5) is 0 Å². The van der Waals surface area contributed by atoms with Crippen LogP contribution in [0.5, 0.6) is 11.5 Å². The van der Waals surface area contributed by atoms with Crippen LogP contribution < -0.4 is 14.8 Å². The third-order valence-electron chi connectivity index (χ3n) is 6.46. The monoisotopic (exact) mass is 373 g/mol. The smallest absolute Gasteiger partial charge is 0.240 e. The highest BCUT2D eigenvalue weighted by Gasteiger charge is 2.46. The van der Waals surface area contributed by atoms with Gasteiger partial charge in [-0.15, -0.1) is 0 Å². The normalized spacial score (nSPS) is 25.4. The Labute approximate surface area is 161 Å². The Morgan fingerprint density at radius 1 is 1.33 bits per heavy atom. The van der Waals surface area contributed by atoms with Crippen molar-refractivity contribution in [1.29, 1.82) is 0 Å². The van der Waals surface area contributed by atoms with Crippen LogP contribution in [0.2, 0.25) is 0 Å². The molecule has 3 aliphatic rings. The van der Waals surface area contributed by atoms with Gasteiger partial charge in [-0.1, -0.05) is 12.1 Å². The Balaban J connectivity index is 1.53. The van der Waals surface area contributed by atoms with E-state index in [2.05, 4.69) is 17.3 Å². The molecule has 3 aliphatic heterocycles. The SMILES string of the molecule is COc1cccc2c1OCCCN(C(=O)[C@@H]1CC3(CCNCC3)CN1C)C2. The van der Waals surface area contributed by atoms with Crippen LogP contribution in [-0.4, -0.2) is 68.7 Å². The molecule has 6 nitrogen and oxygen atoms in total. The van der Waals surface area contributed by atoms with E-state index in [1.165, 1.54) is 12.8 Å². The Hall–Kier alpha value is -1.79. The molecule has 0 aliphatic carbocycles. The van der Waals surface area contributed by atoms with Gasteiger partial charge in [0.25, 0.3) is 0 Å². The van der Waals surface area contributed by atoms with Crippen molar-refractivity contribution in [3.63, 3.8) is 0 Å². The highest BCUT2D eigenvalue weighted by atomic mass is 16.5. The summed E-state index contributed by atoms with van der Waals surface area (Å²) in [6.07, 6.45) is 4.18. The predicted molar refractivity (Wildman–Crippen MR) is 104 cm³/mol. The maximum Gasteiger partial charge on any atom is 0.240 e. The van der Waals surface area contributed by atoms with Crippen LogP contribution in [0.25, 0.3) is 0 Å². The van der Waals surface area contributed by atoms with Gasteiger partial charge >= 0.3 is 0 Å². The van der Waals surface area contributed by atoms with E-state index in [0.717, 1.165) is 56.1 Å². The number of amides is 1. The maximum absolute atomic E-state index is 13.5. The van der Waals surface area contributed by atoms with Gasteiger partial charge in [0.2, 0.25) is 5.91 Å². The first kappa shape index (κ1) is 18.6. The Kier molecular flexibility index (Phi) is 5.28. The van der Waals surface area contributed by atoms with Gasteiger partial charge in [-0.05, 0) is 57.3 Å². The van der Waals surface area contributed by atoms with Gasteiger partial charge in [-0.3, -0.25) is 9.69 Å². The fourth-order valence-corrected chi connectivity index (χ4v) is 4.99. The fraction of sp³-hybridized carbons (Fsp3) is 0.667. The van der Waals surface area contributed by atoms with E-state index in [1.807, 2.05) is 23.1 Å². The van der Waals surface area contributed by atoms with E-state index in [0.29, 0.717) is 18.6 Å². The summed E-state index contributed by atoms with van der Waals surface area (Å²) in [5.41, 5.74) is 1.34. The molecule has 1 aromatic carbocycles. The average Bonchev–Trinajstić information content (AvgIpc) is 2.97. The number of likely N-dealkylation sites (N-methyl/N-ethyl adjacent to an activating group) is 1. The van der Waals surface area contributed by atoms with Crippen LogP contribution in [0.1, 0.15) is 31.2 Å². The van der Waals surface area contributed by atoms with Crippen LogP contribution in [0, 0.1) is 5.41 Å². The van der Waals surface area contributed by atoms with Crippen molar-refractivity contribution in [2.45, 2.75) is 38.3 Å². The molecule has 1 atom stereocenters. The van der Waals surface area contributed by atoms with Crippen molar-refractivity contribution in [2.24, 2.45) is 5.41 Å². The minimum absolute atomic E-state index is 0.00231. The Morgan fingerprint density at radius 2 is 2.15 bits per heavy atom. The number of hydrogen-bond acceptors (Lipinski definition) is 5. The zero-order valence-electron chi connectivity index (χ0n) is 16.5. The highest BCUT2D eigenvalue weighted by Crippen LogP contribution is 2.42. The summed E-state index contributed by atoms with van der Waals surface area (Å²) in [5, 5.41) is 3.46. The molecule has 27 heavy (non-hydrogen) atoms. The summed E-state index contributed by atoms with van der Waals surface area (Å²) >= 11 is 0. The van der Waals surface area contributed by atoms with Gasteiger partial charge in [-0.2, -0.15) is 0 Å². The molecule has 0 radical (unpaired) electrons. The molecule has 3 heterocycles. The quantitative estimate of drug-likeness (QED) is 0.858. The second-order valence-electron chi connectivity index (χ2n) is 8.30. The molecule has 0 bridgehead atoms. The number of piperidine rings is 1. The van der Waals surface area contributed by atoms with Crippen molar-refractivity contribution in [1.82, 2.24) is 15.1 Å². The summed E-state index contributed by atoms with van der Waals surface area (Å²) in [6.45, 7) is 5.12. The van der Waals surface area contributed by atoms with Crippen LogP contribution in [-0.2, 0) is 11.3 Å². The molecule has 1 aromatic rings. The summed E-state index contributed by atoms with van der Waals surface area (Å²) in [5.74, 6) is 1.80. The van der Waals surface area contributed by atoms with Crippen LogP contribution in [0.3, 0.4) is 0 Å². The molecule has 1 amide bonds. The molecule has 148 valence electrons. The fourth-order valence-electron chi connectivity index (χ4n) is 4.99. The second kappa shape index (κ2) is 7.68. The number of fused-ring (bicyclic) bond motifs is 1. The molecule has 0 unspecified atom stereocenters. The molecule has 1 spiro atoms. The third kappa shape index (κ3) is 3.65. The van der Waals surface area contributed by atoms with E-state index < -0.39 is 0 Å². The topological polar surface area (TPSA) is 54.0 Å². The minimum atomic E-state index is -0.00231. The average molecular weight is 373 g/mol. The standard InChI is InChI=1S/C21H31N3O3/c1-23-15-21(7-9-22-10-8-21)13-17(23)20(25)24-11-4-12-27-19-16(14-24)5-3-6-18(19)26-2/h3,5-6,17,22H,4,7-15H2,1-2H3/t17-/m0/s1. The van der Waals surface area contributed by atoms with Crippen molar-refractivity contribution in [3.05, 3.63) is 23.8 Å². The van der Waals surface area contributed by atoms with Crippen molar-refractivity contribution < 1.29 is 14.3 Å². The molecule has 2 fully saturated rings. The number of para-hydroxylation sites is 1. The van der Waals surface area contributed by atoms with Gasteiger partial charge in [0.15, 0.2) is 11.5 Å². The zero-order valence-corrected chi connectivity index (χ0v) is 16.5.